The molecule has 0 saturated heterocycles. The molecule has 2 aromatic rings. The van der Waals surface area contributed by atoms with Gasteiger partial charge in [0.05, 0.1) is 0 Å². The van der Waals surface area contributed by atoms with Crippen molar-refractivity contribution in [1.82, 2.24) is 5.32 Å². The predicted octanol–water partition coefficient (Wildman–Crippen LogP) is 6.04. The maximum absolute atomic E-state index is 4.30. The molecule has 2 N–H and O–H groups in total. The molecule has 0 bridgehead atoms. The summed E-state index contributed by atoms with van der Waals surface area (Å²) in [6.07, 6.45) is 3.32. The molecule has 0 saturated carbocycles. The monoisotopic (exact) mass is 346 g/mol. The van der Waals surface area contributed by atoms with Crippen molar-refractivity contribution in [3.63, 3.8) is 0 Å². The molecule has 2 nitrogen and oxygen atoms in total. The average Bonchev–Trinajstić information content (AvgIpc) is 2.61. The van der Waals surface area contributed by atoms with Gasteiger partial charge in [0, 0.05) is 17.9 Å². The van der Waals surface area contributed by atoms with E-state index in [-0.39, 0.29) is 0 Å². The van der Waals surface area contributed by atoms with Gasteiger partial charge >= 0.3 is 0 Å². The first-order valence-electron chi connectivity index (χ1n) is 9.20. The van der Waals surface area contributed by atoms with Crippen LogP contribution in [0, 0.1) is 6.92 Å². The molecule has 2 heteroatoms. The Morgan fingerprint density at radius 2 is 1.73 bits per heavy atom. The van der Waals surface area contributed by atoms with E-state index in [0.29, 0.717) is 0 Å². The Labute approximate surface area is 158 Å². The highest BCUT2D eigenvalue weighted by molar-refractivity contribution is 5.84. The van der Waals surface area contributed by atoms with Gasteiger partial charge in [-0.15, -0.1) is 0 Å². The predicted molar refractivity (Wildman–Crippen MR) is 116 cm³/mol. The molecule has 26 heavy (non-hydrogen) atoms. The van der Waals surface area contributed by atoms with E-state index < -0.39 is 0 Å². The van der Waals surface area contributed by atoms with Gasteiger partial charge in [-0.1, -0.05) is 56.5 Å². The zero-order chi connectivity index (χ0) is 18.9. The third-order valence-corrected chi connectivity index (χ3v) is 4.20. The van der Waals surface area contributed by atoms with E-state index in [4.69, 9.17) is 0 Å². The molecule has 0 unspecified atom stereocenters. The minimum absolute atomic E-state index is 0.840. The highest BCUT2D eigenvalue weighted by atomic mass is 14.9. The first-order chi connectivity index (χ1) is 12.5. The summed E-state index contributed by atoms with van der Waals surface area (Å²) in [5, 5.41) is 6.75. The molecule has 2 rings (SSSR count). The Bertz CT molecular complexity index is 782. The number of aryl methyl sites for hydroxylation is 1. The highest BCUT2D eigenvalue weighted by Crippen LogP contribution is 2.24. The van der Waals surface area contributed by atoms with E-state index in [1.54, 1.807) is 0 Å². The Hall–Kier alpha value is -2.58. The molecule has 0 atom stereocenters. The summed E-state index contributed by atoms with van der Waals surface area (Å²) >= 11 is 0. The minimum Gasteiger partial charge on any atom is -0.360 e. The fourth-order valence-electron chi connectivity index (χ4n) is 2.86. The summed E-state index contributed by atoms with van der Waals surface area (Å²) in [5.74, 6) is 0. The van der Waals surface area contributed by atoms with Crippen molar-refractivity contribution in [3.8, 4) is 0 Å². The number of benzene rings is 2. The van der Waals surface area contributed by atoms with Crippen LogP contribution < -0.4 is 10.6 Å². The molecule has 0 aliphatic heterocycles. The number of nitrogens with one attached hydrogen (secondary N) is 2. The average molecular weight is 347 g/mol. The van der Waals surface area contributed by atoms with Gasteiger partial charge in [0.15, 0.2) is 0 Å². The van der Waals surface area contributed by atoms with Gasteiger partial charge in [-0.05, 0) is 72.9 Å². The molecule has 136 valence electrons. The van der Waals surface area contributed by atoms with Gasteiger partial charge in [-0.3, -0.25) is 0 Å². The molecule has 0 fully saturated rings. The van der Waals surface area contributed by atoms with E-state index in [0.717, 1.165) is 42.0 Å². The van der Waals surface area contributed by atoms with Crippen molar-refractivity contribution in [1.29, 1.82) is 0 Å². The third-order valence-electron chi connectivity index (χ3n) is 4.20. The van der Waals surface area contributed by atoms with Crippen LogP contribution >= 0.6 is 0 Å². The molecular formula is C24H30N2. The Morgan fingerprint density at radius 1 is 1.04 bits per heavy atom. The van der Waals surface area contributed by atoms with Gasteiger partial charge in [0.25, 0.3) is 0 Å². The molecule has 0 spiro atoms. The Kier molecular flexibility index (Phi) is 7.43. The van der Waals surface area contributed by atoms with Crippen molar-refractivity contribution >= 4 is 16.8 Å². The molecule has 2 aromatic carbocycles. The Balaban J connectivity index is 2.25. The van der Waals surface area contributed by atoms with Gasteiger partial charge in [-0.2, -0.15) is 0 Å². The van der Waals surface area contributed by atoms with Crippen LogP contribution in [0.1, 0.15) is 37.0 Å². The fraction of sp³-hybridized carbons (Fsp3) is 0.250. The van der Waals surface area contributed by atoms with Gasteiger partial charge in [0.2, 0.25) is 0 Å². The van der Waals surface area contributed by atoms with Crippen LogP contribution in [0.5, 0.6) is 0 Å². The van der Waals surface area contributed by atoms with Crippen molar-refractivity contribution in [2.75, 3.05) is 18.4 Å². The largest absolute Gasteiger partial charge is 0.360 e. The lowest BCUT2D eigenvalue weighted by molar-refractivity contribution is 0.735. The summed E-state index contributed by atoms with van der Waals surface area (Å²) in [5.41, 5.74) is 7.94. The van der Waals surface area contributed by atoms with Crippen LogP contribution in [0.3, 0.4) is 0 Å². The number of allylic oxidation sites excluding steroid dienone is 3. The smallest absolute Gasteiger partial charge is 0.0381 e. The van der Waals surface area contributed by atoms with E-state index in [9.17, 15) is 0 Å². The van der Waals surface area contributed by atoms with Crippen molar-refractivity contribution in [2.45, 2.75) is 27.2 Å². The second-order valence-electron chi connectivity index (χ2n) is 6.67. The second kappa shape index (κ2) is 9.79. The van der Waals surface area contributed by atoms with Crippen LogP contribution in [0.25, 0.3) is 11.1 Å². The lowest BCUT2D eigenvalue weighted by Gasteiger charge is -2.13. The second-order valence-corrected chi connectivity index (χ2v) is 6.67. The van der Waals surface area contributed by atoms with Crippen LogP contribution in [0.2, 0.25) is 0 Å². The van der Waals surface area contributed by atoms with E-state index in [2.05, 4.69) is 92.2 Å². The standard InChI is InChI=1S/C24H30N2/c1-6-15-25-17-22(24-10-8-7-9-19(24)4)16-20(5)21-11-13-23(14-12-21)26-18(2)3/h7-14,16,25-26H,2,5-6,15,17H2,1,3-4H3/b22-16-. The van der Waals surface area contributed by atoms with Gasteiger partial charge in [0.1, 0.15) is 0 Å². The summed E-state index contributed by atoms with van der Waals surface area (Å²) in [7, 11) is 0. The molecule has 0 aliphatic rings. The number of anilines is 1. The molecular weight excluding hydrogens is 316 g/mol. The lowest BCUT2D eigenvalue weighted by atomic mass is 9.96. The molecule has 0 aromatic heterocycles. The number of rotatable bonds is 9. The van der Waals surface area contributed by atoms with Crippen molar-refractivity contribution in [2.24, 2.45) is 0 Å². The molecule has 0 amide bonds. The van der Waals surface area contributed by atoms with Crippen LogP contribution in [0.15, 0.2) is 73.5 Å². The van der Waals surface area contributed by atoms with E-state index in [1.165, 1.54) is 16.7 Å². The first kappa shape index (κ1) is 19.7. The van der Waals surface area contributed by atoms with Crippen molar-refractivity contribution in [3.05, 3.63) is 90.2 Å². The number of hydrogen-bond acceptors (Lipinski definition) is 2. The topological polar surface area (TPSA) is 24.1 Å². The van der Waals surface area contributed by atoms with E-state index >= 15 is 0 Å². The summed E-state index contributed by atoms with van der Waals surface area (Å²) in [6, 6.07) is 16.8. The maximum Gasteiger partial charge on any atom is 0.0381 e. The van der Waals surface area contributed by atoms with Crippen LogP contribution in [-0.4, -0.2) is 13.1 Å². The number of hydrogen-bond donors (Lipinski definition) is 2. The fourth-order valence-corrected chi connectivity index (χ4v) is 2.86. The highest BCUT2D eigenvalue weighted by Gasteiger charge is 2.06. The van der Waals surface area contributed by atoms with Crippen LogP contribution in [-0.2, 0) is 0 Å². The third kappa shape index (κ3) is 5.75. The quantitative estimate of drug-likeness (QED) is 0.427. The van der Waals surface area contributed by atoms with Crippen LogP contribution in [0.4, 0.5) is 5.69 Å². The minimum atomic E-state index is 0.840. The zero-order valence-corrected chi connectivity index (χ0v) is 16.2. The lowest BCUT2D eigenvalue weighted by Crippen LogP contribution is -2.17. The molecule has 0 aliphatic carbocycles. The van der Waals surface area contributed by atoms with Gasteiger partial charge in [-0.25, -0.2) is 0 Å². The zero-order valence-electron chi connectivity index (χ0n) is 16.2. The first-order valence-corrected chi connectivity index (χ1v) is 9.20. The summed E-state index contributed by atoms with van der Waals surface area (Å²) in [6.45, 7) is 16.3. The molecule has 0 radical (unpaired) electrons. The Morgan fingerprint density at radius 3 is 2.35 bits per heavy atom. The summed E-state index contributed by atoms with van der Waals surface area (Å²) < 4.78 is 0. The van der Waals surface area contributed by atoms with E-state index in [1.807, 2.05) is 6.92 Å². The summed E-state index contributed by atoms with van der Waals surface area (Å²) in [4.78, 5) is 0. The maximum atomic E-state index is 4.30. The normalized spacial score (nSPS) is 11.3. The van der Waals surface area contributed by atoms with Crippen molar-refractivity contribution < 1.29 is 0 Å². The van der Waals surface area contributed by atoms with Gasteiger partial charge < -0.3 is 10.6 Å². The SMILES string of the molecule is C=C(C)Nc1ccc(C(=C)/C=C(/CNCCC)c2ccccc2C)cc1. The molecule has 0 heterocycles.